The summed E-state index contributed by atoms with van der Waals surface area (Å²) in [5, 5.41) is 4.06. The number of nitrogens with zero attached hydrogens (tertiary/aromatic N) is 3. The molecule has 3 aromatic rings. The fourth-order valence-corrected chi connectivity index (χ4v) is 2.76. The van der Waals surface area contributed by atoms with Crippen LogP contribution in [0.2, 0.25) is 0 Å². The Morgan fingerprint density at radius 1 is 1.17 bits per heavy atom. The highest BCUT2D eigenvalue weighted by Crippen LogP contribution is 2.28. The summed E-state index contributed by atoms with van der Waals surface area (Å²) in [7, 11) is 1.85. The number of aromatic nitrogens is 4. The van der Waals surface area contributed by atoms with Gasteiger partial charge in [0.1, 0.15) is 5.82 Å². The van der Waals surface area contributed by atoms with E-state index in [0.29, 0.717) is 0 Å². The Labute approximate surface area is 108 Å². The number of pyridine rings is 1. The largest absolute Gasteiger partial charge is 0.373 e. The highest BCUT2D eigenvalue weighted by atomic mass is 32.1. The number of aryl methyl sites for hydroxylation is 2. The van der Waals surface area contributed by atoms with Gasteiger partial charge >= 0.3 is 0 Å². The topological polar surface area (TPSA) is 66.5 Å². The summed E-state index contributed by atoms with van der Waals surface area (Å²) in [6.45, 7) is 4.00. The minimum Gasteiger partial charge on any atom is -0.373 e. The molecule has 0 aliphatic heterocycles. The van der Waals surface area contributed by atoms with E-state index in [2.05, 4.69) is 25.3 Å². The van der Waals surface area contributed by atoms with Gasteiger partial charge in [0.25, 0.3) is 0 Å². The van der Waals surface area contributed by atoms with Gasteiger partial charge < -0.3 is 10.3 Å². The van der Waals surface area contributed by atoms with Crippen molar-refractivity contribution in [1.29, 1.82) is 0 Å². The number of imidazole rings is 1. The summed E-state index contributed by atoms with van der Waals surface area (Å²) in [6.07, 6.45) is 0. The maximum absolute atomic E-state index is 4.53. The standard InChI is InChI=1S/C12H13N5S/c1-6-10(18-7(2)14-6)12-15-8-4-5-9(13-3)16-11(8)17-12/h4-5H,1-3H3,(H2,13,15,16,17). The lowest BCUT2D eigenvalue weighted by Gasteiger charge is -1.95. The Bertz CT molecular complexity index is 712. The van der Waals surface area contributed by atoms with Crippen LogP contribution >= 0.6 is 11.3 Å². The molecular weight excluding hydrogens is 246 g/mol. The maximum Gasteiger partial charge on any atom is 0.180 e. The molecule has 3 rings (SSSR count). The quantitative estimate of drug-likeness (QED) is 0.742. The van der Waals surface area contributed by atoms with Gasteiger partial charge in [-0.1, -0.05) is 0 Å². The molecule has 0 aromatic carbocycles. The average molecular weight is 259 g/mol. The lowest BCUT2D eigenvalue weighted by Crippen LogP contribution is -1.91. The van der Waals surface area contributed by atoms with Crippen LogP contribution in [0.5, 0.6) is 0 Å². The van der Waals surface area contributed by atoms with E-state index in [9.17, 15) is 0 Å². The number of nitrogens with one attached hydrogen (secondary N) is 2. The van der Waals surface area contributed by atoms with Gasteiger partial charge in [0, 0.05) is 7.05 Å². The van der Waals surface area contributed by atoms with Gasteiger partial charge in [-0.05, 0) is 26.0 Å². The summed E-state index contributed by atoms with van der Waals surface area (Å²) < 4.78 is 0. The number of fused-ring (bicyclic) bond motifs is 1. The van der Waals surface area contributed by atoms with Crippen molar-refractivity contribution >= 4 is 28.3 Å². The second-order valence-corrected chi connectivity index (χ2v) is 5.25. The van der Waals surface area contributed by atoms with Crippen LogP contribution in [0.15, 0.2) is 12.1 Å². The summed E-state index contributed by atoms with van der Waals surface area (Å²) in [4.78, 5) is 17.7. The molecule has 0 fully saturated rings. The number of anilines is 1. The predicted molar refractivity (Wildman–Crippen MR) is 74.0 cm³/mol. The van der Waals surface area contributed by atoms with Gasteiger partial charge in [-0.3, -0.25) is 0 Å². The molecule has 3 heterocycles. The number of hydrogen-bond donors (Lipinski definition) is 2. The number of rotatable bonds is 2. The summed E-state index contributed by atoms with van der Waals surface area (Å²) in [6, 6.07) is 3.91. The lowest BCUT2D eigenvalue weighted by molar-refractivity contribution is 1.19. The summed E-state index contributed by atoms with van der Waals surface area (Å²) in [5.41, 5.74) is 2.67. The zero-order valence-electron chi connectivity index (χ0n) is 10.4. The second-order valence-electron chi connectivity index (χ2n) is 4.05. The van der Waals surface area contributed by atoms with Gasteiger partial charge in [-0.2, -0.15) is 0 Å². The molecule has 5 nitrogen and oxygen atoms in total. The van der Waals surface area contributed by atoms with Crippen molar-refractivity contribution in [3.63, 3.8) is 0 Å². The average Bonchev–Trinajstić information content (AvgIpc) is 2.90. The molecule has 0 amide bonds. The van der Waals surface area contributed by atoms with Crippen molar-refractivity contribution in [3.05, 3.63) is 22.8 Å². The second kappa shape index (κ2) is 4.06. The van der Waals surface area contributed by atoms with Crippen molar-refractivity contribution in [2.45, 2.75) is 13.8 Å². The molecule has 2 N–H and O–H groups in total. The molecule has 0 unspecified atom stereocenters. The fraction of sp³-hybridized carbons (Fsp3) is 0.250. The Balaban J connectivity index is 2.16. The van der Waals surface area contributed by atoms with Crippen molar-refractivity contribution in [3.8, 4) is 10.7 Å². The van der Waals surface area contributed by atoms with Crippen LogP contribution in [0, 0.1) is 13.8 Å². The van der Waals surface area contributed by atoms with Gasteiger partial charge in [-0.15, -0.1) is 11.3 Å². The molecule has 0 radical (unpaired) electrons. The van der Waals surface area contributed by atoms with E-state index in [0.717, 1.165) is 38.4 Å². The normalized spacial score (nSPS) is 11.1. The number of H-pyrrole nitrogens is 1. The zero-order valence-corrected chi connectivity index (χ0v) is 11.2. The molecule has 3 aromatic heterocycles. The van der Waals surface area contributed by atoms with Crippen molar-refractivity contribution < 1.29 is 0 Å². The third-order valence-electron chi connectivity index (χ3n) is 2.72. The maximum atomic E-state index is 4.53. The third kappa shape index (κ3) is 1.74. The van der Waals surface area contributed by atoms with Crippen LogP contribution in [0.1, 0.15) is 10.7 Å². The van der Waals surface area contributed by atoms with Crippen LogP contribution in [-0.4, -0.2) is 27.0 Å². The minimum absolute atomic E-state index is 0.724. The highest BCUT2D eigenvalue weighted by molar-refractivity contribution is 7.15. The van der Waals surface area contributed by atoms with Gasteiger partial charge in [-0.25, -0.2) is 15.0 Å². The van der Waals surface area contributed by atoms with Crippen LogP contribution in [-0.2, 0) is 0 Å². The lowest BCUT2D eigenvalue weighted by atomic mass is 10.4. The van der Waals surface area contributed by atoms with Gasteiger partial charge in [0.15, 0.2) is 11.5 Å². The predicted octanol–water partition coefficient (Wildman–Crippen LogP) is 2.74. The molecular formula is C12H13N5S. The molecule has 0 saturated carbocycles. The number of thiazole rings is 1. The van der Waals surface area contributed by atoms with Crippen LogP contribution in [0.3, 0.4) is 0 Å². The Hall–Kier alpha value is -1.95. The van der Waals surface area contributed by atoms with E-state index in [-0.39, 0.29) is 0 Å². The Morgan fingerprint density at radius 3 is 2.67 bits per heavy atom. The summed E-state index contributed by atoms with van der Waals surface area (Å²) in [5.74, 6) is 1.66. The molecule has 0 aliphatic rings. The first kappa shape index (κ1) is 11.2. The van der Waals surface area contributed by atoms with Gasteiger partial charge in [0.05, 0.1) is 21.1 Å². The first-order valence-corrected chi connectivity index (χ1v) is 6.48. The van der Waals surface area contributed by atoms with Crippen molar-refractivity contribution in [2.24, 2.45) is 0 Å². The molecule has 6 heteroatoms. The third-order valence-corrected chi connectivity index (χ3v) is 3.80. The minimum atomic E-state index is 0.724. The smallest absolute Gasteiger partial charge is 0.180 e. The van der Waals surface area contributed by atoms with Crippen molar-refractivity contribution in [1.82, 2.24) is 19.9 Å². The van der Waals surface area contributed by atoms with E-state index in [1.54, 1.807) is 11.3 Å². The van der Waals surface area contributed by atoms with Crippen molar-refractivity contribution in [2.75, 3.05) is 12.4 Å². The van der Waals surface area contributed by atoms with Gasteiger partial charge in [0.2, 0.25) is 0 Å². The molecule has 92 valence electrons. The SMILES string of the molecule is CNc1ccc2[nH]c(-c3sc(C)nc3C)nc2n1. The first-order valence-electron chi connectivity index (χ1n) is 5.66. The van der Waals surface area contributed by atoms with Crippen LogP contribution < -0.4 is 5.32 Å². The van der Waals surface area contributed by atoms with E-state index in [1.165, 1.54) is 0 Å². The fourth-order valence-electron chi connectivity index (χ4n) is 1.89. The number of aromatic amines is 1. The monoisotopic (exact) mass is 259 g/mol. The molecule has 0 atom stereocenters. The molecule has 0 bridgehead atoms. The Kier molecular flexibility index (Phi) is 2.52. The van der Waals surface area contributed by atoms with E-state index in [1.807, 2.05) is 33.0 Å². The van der Waals surface area contributed by atoms with E-state index >= 15 is 0 Å². The molecule has 0 aliphatic carbocycles. The van der Waals surface area contributed by atoms with Crippen LogP contribution in [0.25, 0.3) is 21.9 Å². The zero-order chi connectivity index (χ0) is 12.7. The Morgan fingerprint density at radius 2 is 2.00 bits per heavy atom. The number of hydrogen-bond acceptors (Lipinski definition) is 5. The highest BCUT2D eigenvalue weighted by Gasteiger charge is 2.12. The van der Waals surface area contributed by atoms with E-state index < -0.39 is 0 Å². The molecule has 0 spiro atoms. The van der Waals surface area contributed by atoms with E-state index in [4.69, 9.17) is 0 Å². The van der Waals surface area contributed by atoms with Crippen LogP contribution in [0.4, 0.5) is 5.82 Å². The molecule has 0 saturated heterocycles. The molecule has 18 heavy (non-hydrogen) atoms. The first-order chi connectivity index (χ1) is 8.67. The summed E-state index contributed by atoms with van der Waals surface area (Å²) >= 11 is 1.64.